The highest BCUT2D eigenvalue weighted by Crippen LogP contribution is 2.32. The topological polar surface area (TPSA) is 130 Å². The molecule has 8 nitrogen and oxygen atoms in total. The number of aromatic nitrogens is 4. The van der Waals surface area contributed by atoms with Gasteiger partial charge in [-0.15, -0.1) is 0 Å². The third kappa shape index (κ3) is 1.47. The van der Waals surface area contributed by atoms with Crippen LogP contribution in [0.25, 0.3) is 11.0 Å². The molecule has 96 valence electrons. The van der Waals surface area contributed by atoms with E-state index in [0.29, 0.717) is 16.9 Å². The lowest BCUT2D eigenvalue weighted by atomic mass is 10.2. The minimum atomic E-state index is -1.17. The number of nitrogen functional groups attached to an aromatic ring is 1. The average Bonchev–Trinajstić information content (AvgIpc) is 2.88. The van der Waals surface area contributed by atoms with E-state index in [4.69, 9.17) is 5.73 Å². The van der Waals surface area contributed by atoms with E-state index in [-0.39, 0.29) is 6.42 Å². The molecule has 0 aromatic carbocycles. The van der Waals surface area contributed by atoms with Crippen LogP contribution < -0.4 is 5.73 Å². The van der Waals surface area contributed by atoms with Crippen LogP contribution in [0.5, 0.6) is 0 Å². The Morgan fingerprint density at radius 3 is 2.72 bits per heavy atom. The second kappa shape index (κ2) is 3.87. The van der Waals surface area contributed by atoms with Crippen molar-refractivity contribution in [3.05, 3.63) is 12.5 Å². The normalized spacial score (nSPS) is 32.2. The van der Waals surface area contributed by atoms with Crippen molar-refractivity contribution < 1.29 is 15.3 Å². The molecular formula is C10H13N5O3. The molecule has 4 atom stereocenters. The molecular weight excluding hydrogens is 240 g/mol. The molecule has 2 aromatic heterocycles. The number of rotatable bonds is 1. The van der Waals surface area contributed by atoms with Crippen molar-refractivity contribution in [1.29, 1.82) is 0 Å². The lowest BCUT2D eigenvalue weighted by Crippen LogP contribution is -2.31. The maximum absolute atomic E-state index is 9.88. The first-order valence-electron chi connectivity index (χ1n) is 5.57. The SMILES string of the molecule is Nc1n[14cH]nc2c1cnn2[C@@H]1C[C@H](O)[C@@H](O)[C@H]1O. The van der Waals surface area contributed by atoms with Gasteiger partial charge in [0, 0.05) is 6.42 Å². The average molecular weight is 253 g/mol. The van der Waals surface area contributed by atoms with E-state index in [0.717, 1.165) is 0 Å². The summed E-state index contributed by atoms with van der Waals surface area (Å²) < 4.78 is 1.47. The predicted molar refractivity (Wildman–Crippen MR) is 61.4 cm³/mol. The van der Waals surface area contributed by atoms with Gasteiger partial charge >= 0.3 is 0 Å². The zero-order valence-electron chi connectivity index (χ0n) is 9.38. The molecule has 1 fully saturated rings. The van der Waals surface area contributed by atoms with Gasteiger partial charge in [0.15, 0.2) is 5.65 Å². The van der Waals surface area contributed by atoms with Gasteiger partial charge in [-0.2, -0.15) is 5.10 Å². The molecule has 0 unspecified atom stereocenters. The molecule has 5 N–H and O–H groups in total. The van der Waals surface area contributed by atoms with Crippen LogP contribution in [0.3, 0.4) is 0 Å². The summed E-state index contributed by atoms with van der Waals surface area (Å²) in [6, 6.07) is -0.526. The van der Waals surface area contributed by atoms with Crippen LogP contribution in [-0.2, 0) is 0 Å². The molecule has 1 aliphatic carbocycles. The van der Waals surface area contributed by atoms with Gasteiger partial charge in [0.2, 0.25) is 0 Å². The van der Waals surface area contributed by atoms with E-state index in [9.17, 15) is 15.3 Å². The highest BCUT2D eigenvalue weighted by atomic mass is 16.4. The Labute approximate surface area is 102 Å². The summed E-state index contributed by atoms with van der Waals surface area (Å²) in [7, 11) is 0. The zero-order valence-corrected chi connectivity index (χ0v) is 9.38. The fourth-order valence-electron chi connectivity index (χ4n) is 2.35. The van der Waals surface area contributed by atoms with Crippen molar-refractivity contribution in [1.82, 2.24) is 19.7 Å². The van der Waals surface area contributed by atoms with Gasteiger partial charge in [-0.25, -0.2) is 14.6 Å². The number of anilines is 1. The number of aliphatic hydroxyl groups is 3. The fraction of sp³-hybridized carbons (Fsp3) is 0.500. The van der Waals surface area contributed by atoms with Crippen LogP contribution in [0.4, 0.5) is 5.82 Å². The molecule has 2 heterocycles. The maximum atomic E-state index is 9.88. The highest BCUT2D eigenvalue weighted by molar-refractivity contribution is 5.84. The molecule has 0 bridgehead atoms. The molecule has 0 aliphatic heterocycles. The van der Waals surface area contributed by atoms with E-state index in [2.05, 4.69) is 15.1 Å². The van der Waals surface area contributed by atoms with Crippen molar-refractivity contribution in [2.75, 3.05) is 5.73 Å². The van der Waals surface area contributed by atoms with Gasteiger partial charge in [0.1, 0.15) is 24.4 Å². The van der Waals surface area contributed by atoms with Gasteiger partial charge in [-0.1, -0.05) is 0 Å². The summed E-state index contributed by atoms with van der Waals surface area (Å²) in [6.45, 7) is 0. The number of hydrogen-bond acceptors (Lipinski definition) is 7. The second-order valence-corrected chi connectivity index (χ2v) is 4.44. The molecule has 18 heavy (non-hydrogen) atoms. The summed E-state index contributed by atoms with van der Waals surface area (Å²) in [5, 5.41) is 33.7. The van der Waals surface area contributed by atoms with Crippen LogP contribution in [0.1, 0.15) is 12.5 Å². The molecule has 1 saturated carbocycles. The van der Waals surface area contributed by atoms with Crippen molar-refractivity contribution >= 4 is 16.9 Å². The number of aliphatic hydroxyl groups excluding tert-OH is 3. The van der Waals surface area contributed by atoms with Crippen molar-refractivity contribution in [3.8, 4) is 0 Å². The van der Waals surface area contributed by atoms with Gasteiger partial charge in [-0.05, 0) is 0 Å². The summed E-state index contributed by atoms with van der Waals surface area (Å²) in [6.07, 6.45) is -0.196. The molecule has 0 radical (unpaired) electrons. The first-order valence-corrected chi connectivity index (χ1v) is 5.57. The van der Waals surface area contributed by atoms with Crippen LogP contribution in [-0.4, -0.2) is 53.4 Å². The fourth-order valence-corrected chi connectivity index (χ4v) is 2.35. The largest absolute Gasteiger partial charge is 0.390 e. The zero-order chi connectivity index (χ0) is 12.9. The first-order chi connectivity index (χ1) is 8.59. The Kier molecular flexibility index (Phi) is 2.44. The monoisotopic (exact) mass is 253 g/mol. The third-order valence-electron chi connectivity index (χ3n) is 3.36. The molecule has 8 heteroatoms. The maximum Gasteiger partial charge on any atom is 0.163 e. The van der Waals surface area contributed by atoms with E-state index in [1.807, 2.05) is 0 Å². The van der Waals surface area contributed by atoms with Gasteiger partial charge < -0.3 is 21.1 Å². The van der Waals surface area contributed by atoms with Crippen LogP contribution in [0.2, 0.25) is 0 Å². The van der Waals surface area contributed by atoms with Crippen molar-refractivity contribution in [2.45, 2.75) is 30.8 Å². The Morgan fingerprint density at radius 1 is 1.28 bits per heavy atom. The highest BCUT2D eigenvalue weighted by Gasteiger charge is 2.42. The molecule has 1 aliphatic rings. The number of nitrogens with zero attached hydrogens (tertiary/aromatic N) is 4. The van der Waals surface area contributed by atoms with Gasteiger partial charge in [0.05, 0.1) is 23.7 Å². The third-order valence-corrected chi connectivity index (χ3v) is 3.36. The Hall–Kier alpha value is -1.77. The minimum Gasteiger partial charge on any atom is -0.390 e. The van der Waals surface area contributed by atoms with E-state index in [1.165, 1.54) is 17.2 Å². The smallest absolute Gasteiger partial charge is 0.163 e. The molecule has 0 spiro atoms. The van der Waals surface area contributed by atoms with E-state index < -0.39 is 24.4 Å². The van der Waals surface area contributed by atoms with E-state index in [1.54, 1.807) is 0 Å². The molecule has 0 amide bonds. The Bertz CT molecular complexity index is 586. The lowest BCUT2D eigenvalue weighted by Gasteiger charge is -2.16. The molecule has 3 rings (SSSR count). The van der Waals surface area contributed by atoms with Crippen molar-refractivity contribution in [2.24, 2.45) is 0 Å². The standard InChI is InChI=1S/C10H13N5O3/c11-9-4-2-14-15(10(4)13-3-12-9)5-1-6(16)8(18)7(5)17/h2-3,5-8,16-18H,1H2,(H2,11,12,13)/t5-,6+,7+,8-/m1/s1/i3+2. The first kappa shape index (κ1) is 11.3. The summed E-state index contributed by atoms with van der Waals surface area (Å²) in [4.78, 5) is 7.91. The number of nitrogens with two attached hydrogens (primary N) is 1. The second-order valence-electron chi connectivity index (χ2n) is 4.44. The Balaban J connectivity index is 2.08. The van der Waals surface area contributed by atoms with Gasteiger partial charge in [-0.3, -0.25) is 0 Å². The van der Waals surface area contributed by atoms with Gasteiger partial charge in [0.25, 0.3) is 0 Å². The lowest BCUT2D eigenvalue weighted by molar-refractivity contribution is -0.0252. The predicted octanol–water partition coefficient (Wildman–Crippen LogP) is -1.56. The number of hydrogen-bond donors (Lipinski definition) is 4. The van der Waals surface area contributed by atoms with E-state index >= 15 is 0 Å². The molecule has 0 saturated heterocycles. The quantitative estimate of drug-likeness (QED) is 0.483. The summed E-state index contributed by atoms with van der Waals surface area (Å²) in [5.41, 5.74) is 6.17. The van der Waals surface area contributed by atoms with Crippen molar-refractivity contribution in [3.63, 3.8) is 0 Å². The minimum absolute atomic E-state index is 0.211. The summed E-state index contributed by atoms with van der Waals surface area (Å²) >= 11 is 0. The Morgan fingerprint density at radius 2 is 2.06 bits per heavy atom. The van der Waals surface area contributed by atoms with Crippen LogP contribution in [0, 0.1) is 0 Å². The number of fused-ring (bicyclic) bond motifs is 1. The molecule has 2 aromatic rings. The van der Waals surface area contributed by atoms with Crippen LogP contribution in [0.15, 0.2) is 12.5 Å². The summed E-state index contributed by atoms with van der Waals surface area (Å²) in [5.74, 6) is 0.305. The van der Waals surface area contributed by atoms with Crippen LogP contribution >= 0.6 is 0 Å².